The summed E-state index contributed by atoms with van der Waals surface area (Å²) in [6.07, 6.45) is 4.91. The van der Waals surface area contributed by atoms with Crippen molar-refractivity contribution in [1.29, 1.82) is 0 Å². The molecule has 0 unspecified atom stereocenters. The van der Waals surface area contributed by atoms with Crippen molar-refractivity contribution in [3.8, 4) is 0 Å². The van der Waals surface area contributed by atoms with E-state index in [1.54, 1.807) is 37.3 Å². The van der Waals surface area contributed by atoms with Gasteiger partial charge in [-0.25, -0.2) is 9.78 Å². The van der Waals surface area contributed by atoms with Gasteiger partial charge in [0.15, 0.2) is 0 Å². The molecular formula is C21H22ClN3O3. The second-order valence-corrected chi connectivity index (χ2v) is 6.76. The quantitative estimate of drug-likeness (QED) is 0.570. The van der Waals surface area contributed by atoms with Crippen LogP contribution in [0.5, 0.6) is 0 Å². The summed E-state index contributed by atoms with van der Waals surface area (Å²) in [4.78, 5) is 32.4. The number of aromatic nitrogens is 1. The molecule has 0 bridgehead atoms. The maximum atomic E-state index is 12.4. The standard InChI is InChI=1S/C21H22ClN3O3/c1-2-28-21(27)17-6-9-19(23-15-17)24-11-13-25(14-12-24)20(26)10-5-16-3-7-18(22)8-4-16/h3-10,15H,2,11-14H2,1H3/b10-5+. The molecule has 1 saturated heterocycles. The first-order valence-corrected chi connectivity index (χ1v) is 9.55. The number of rotatable bonds is 5. The van der Waals surface area contributed by atoms with Gasteiger partial charge >= 0.3 is 5.97 Å². The molecule has 6 nitrogen and oxygen atoms in total. The Morgan fingerprint density at radius 2 is 1.82 bits per heavy atom. The minimum absolute atomic E-state index is 0.0137. The SMILES string of the molecule is CCOC(=O)c1ccc(N2CCN(C(=O)/C=C/c3ccc(Cl)cc3)CC2)nc1. The van der Waals surface area contributed by atoms with Crippen LogP contribution in [-0.2, 0) is 9.53 Å². The van der Waals surface area contributed by atoms with Crippen LogP contribution in [0.15, 0.2) is 48.7 Å². The molecule has 0 atom stereocenters. The average molecular weight is 400 g/mol. The van der Waals surface area contributed by atoms with Crippen LogP contribution in [0, 0.1) is 0 Å². The minimum atomic E-state index is -0.371. The molecule has 0 radical (unpaired) electrons. The number of esters is 1. The number of ether oxygens (including phenoxy) is 1. The lowest BCUT2D eigenvalue weighted by Gasteiger charge is -2.35. The van der Waals surface area contributed by atoms with Gasteiger partial charge in [0.2, 0.25) is 5.91 Å². The van der Waals surface area contributed by atoms with Crippen molar-refractivity contribution in [2.24, 2.45) is 0 Å². The highest BCUT2D eigenvalue weighted by atomic mass is 35.5. The maximum absolute atomic E-state index is 12.4. The summed E-state index contributed by atoms with van der Waals surface area (Å²) in [6, 6.07) is 10.9. The lowest BCUT2D eigenvalue weighted by Crippen LogP contribution is -2.48. The highest BCUT2D eigenvalue weighted by molar-refractivity contribution is 6.30. The number of carbonyl (C=O) groups is 2. The second kappa shape index (κ2) is 9.37. The number of nitrogens with zero attached hydrogens (tertiary/aromatic N) is 3. The number of pyridine rings is 1. The fraction of sp³-hybridized carbons (Fsp3) is 0.286. The molecule has 146 valence electrons. The first-order chi connectivity index (χ1) is 13.6. The zero-order valence-electron chi connectivity index (χ0n) is 15.7. The molecule has 0 saturated carbocycles. The maximum Gasteiger partial charge on any atom is 0.339 e. The number of hydrogen-bond donors (Lipinski definition) is 0. The van der Waals surface area contributed by atoms with E-state index < -0.39 is 0 Å². The van der Waals surface area contributed by atoms with Crippen LogP contribution in [-0.4, -0.2) is 54.5 Å². The van der Waals surface area contributed by atoms with Gasteiger partial charge in [-0.05, 0) is 42.8 Å². The van der Waals surface area contributed by atoms with E-state index in [-0.39, 0.29) is 11.9 Å². The van der Waals surface area contributed by atoms with Gasteiger partial charge in [-0.15, -0.1) is 0 Å². The number of carbonyl (C=O) groups excluding carboxylic acids is 2. The zero-order valence-corrected chi connectivity index (χ0v) is 16.4. The van der Waals surface area contributed by atoms with Gasteiger partial charge in [-0.3, -0.25) is 4.79 Å². The number of hydrogen-bond acceptors (Lipinski definition) is 5. The van der Waals surface area contributed by atoms with Crippen LogP contribution in [0.4, 0.5) is 5.82 Å². The Morgan fingerprint density at radius 1 is 1.11 bits per heavy atom. The molecule has 2 heterocycles. The third-order valence-electron chi connectivity index (χ3n) is 4.46. The van der Waals surface area contributed by atoms with Crippen LogP contribution >= 0.6 is 11.6 Å². The lowest BCUT2D eigenvalue weighted by atomic mass is 10.2. The Balaban J connectivity index is 1.53. The van der Waals surface area contributed by atoms with Gasteiger partial charge in [0.1, 0.15) is 5.82 Å². The van der Waals surface area contributed by atoms with Crippen molar-refractivity contribution in [3.63, 3.8) is 0 Å². The second-order valence-electron chi connectivity index (χ2n) is 6.32. The van der Waals surface area contributed by atoms with E-state index in [9.17, 15) is 9.59 Å². The summed E-state index contributed by atoms with van der Waals surface area (Å²) in [7, 11) is 0. The van der Waals surface area contributed by atoms with Crippen molar-refractivity contribution >= 4 is 35.4 Å². The molecule has 1 aromatic carbocycles. The normalized spacial score (nSPS) is 14.4. The first kappa shape index (κ1) is 19.9. The van der Waals surface area contributed by atoms with E-state index in [0.29, 0.717) is 43.4 Å². The van der Waals surface area contributed by atoms with Crippen molar-refractivity contribution in [3.05, 3.63) is 64.8 Å². The van der Waals surface area contributed by atoms with Crippen molar-refractivity contribution in [2.75, 3.05) is 37.7 Å². The fourth-order valence-corrected chi connectivity index (χ4v) is 3.04. The van der Waals surface area contributed by atoms with Crippen molar-refractivity contribution in [2.45, 2.75) is 6.92 Å². The molecule has 3 rings (SSSR count). The predicted molar refractivity (Wildman–Crippen MR) is 109 cm³/mol. The summed E-state index contributed by atoms with van der Waals surface area (Å²) in [5.74, 6) is 0.404. The molecule has 0 N–H and O–H groups in total. The smallest absolute Gasteiger partial charge is 0.339 e. The summed E-state index contributed by atoms with van der Waals surface area (Å²) < 4.78 is 4.96. The fourth-order valence-electron chi connectivity index (χ4n) is 2.91. The predicted octanol–water partition coefficient (Wildman–Crippen LogP) is 3.27. The van der Waals surface area contributed by atoms with E-state index in [2.05, 4.69) is 9.88 Å². The van der Waals surface area contributed by atoms with Gasteiger partial charge in [0, 0.05) is 43.5 Å². The lowest BCUT2D eigenvalue weighted by molar-refractivity contribution is -0.126. The molecule has 2 aromatic rings. The van der Waals surface area contributed by atoms with Crippen LogP contribution in [0.25, 0.3) is 6.08 Å². The van der Waals surface area contributed by atoms with Crippen LogP contribution in [0.1, 0.15) is 22.8 Å². The first-order valence-electron chi connectivity index (χ1n) is 9.17. The van der Waals surface area contributed by atoms with Gasteiger partial charge < -0.3 is 14.5 Å². The number of benzene rings is 1. The largest absolute Gasteiger partial charge is 0.462 e. The molecule has 1 fully saturated rings. The van der Waals surface area contributed by atoms with Gasteiger partial charge in [-0.1, -0.05) is 23.7 Å². The molecule has 1 aliphatic rings. The number of amides is 1. The zero-order chi connectivity index (χ0) is 19.9. The summed E-state index contributed by atoms with van der Waals surface area (Å²) in [5, 5.41) is 0.670. The Hall–Kier alpha value is -2.86. The Kier molecular flexibility index (Phi) is 6.66. The van der Waals surface area contributed by atoms with Crippen LogP contribution in [0.2, 0.25) is 5.02 Å². The summed E-state index contributed by atoms with van der Waals surface area (Å²) in [5.41, 5.74) is 1.37. The topological polar surface area (TPSA) is 62.7 Å². The molecular weight excluding hydrogens is 378 g/mol. The van der Waals surface area contributed by atoms with E-state index in [0.717, 1.165) is 11.4 Å². The van der Waals surface area contributed by atoms with E-state index >= 15 is 0 Å². The van der Waals surface area contributed by atoms with E-state index in [4.69, 9.17) is 16.3 Å². The molecule has 1 amide bonds. The van der Waals surface area contributed by atoms with Crippen molar-refractivity contribution in [1.82, 2.24) is 9.88 Å². The Bertz CT molecular complexity index is 842. The third kappa shape index (κ3) is 5.10. The average Bonchev–Trinajstić information content (AvgIpc) is 2.73. The third-order valence-corrected chi connectivity index (χ3v) is 4.71. The molecule has 1 aliphatic heterocycles. The highest BCUT2D eigenvalue weighted by Crippen LogP contribution is 2.15. The summed E-state index contributed by atoms with van der Waals surface area (Å²) in [6.45, 7) is 4.71. The highest BCUT2D eigenvalue weighted by Gasteiger charge is 2.20. The van der Waals surface area contributed by atoms with Crippen LogP contribution in [0.3, 0.4) is 0 Å². The number of halogens is 1. The van der Waals surface area contributed by atoms with E-state index in [1.165, 1.54) is 6.20 Å². The number of piperazine rings is 1. The Labute approximate surface area is 169 Å². The molecule has 7 heteroatoms. The van der Waals surface area contributed by atoms with Gasteiger partial charge in [0.05, 0.1) is 12.2 Å². The van der Waals surface area contributed by atoms with E-state index in [1.807, 2.05) is 23.1 Å². The molecule has 0 aliphatic carbocycles. The van der Waals surface area contributed by atoms with Gasteiger partial charge in [-0.2, -0.15) is 0 Å². The molecule has 0 spiro atoms. The molecule has 28 heavy (non-hydrogen) atoms. The monoisotopic (exact) mass is 399 g/mol. The number of anilines is 1. The molecule has 1 aromatic heterocycles. The van der Waals surface area contributed by atoms with Crippen LogP contribution < -0.4 is 4.90 Å². The summed E-state index contributed by atoms with van der Waals surface area (Å²) >= 11 is 5.87. The minimum Gasteiger partial charge on any atom is -0.462 e. The Morgan fingerprint density at radius 3 is 2.43 bits per heavy atom. The van der Waals surface area contributed by atoms with Crippen molar-refractivity contribution < 1.29 is 14.3 Å². The van der Waals surface area contributed by atoms with Gasteiger partial charge in [0.25, 0.3) is 0 Å².